The highest BCUT2D eigenvalue weighted by molar-refractivity contribution is 7.07. The first-order valence-corrected chi connectivity index (χ1v) is 4.99. The van der Waals surface area contributed by atoms with Crippen LogP contribution in [0.2, 0.25) is 0 Å². The average molecular weight is 224 g/mol. The molecule has 1 heterocycles. The van der Waals surface area contributed by atoms with Crippen molar-refractivity contribution in [2.45, 2.75) is 25.1 Å². The number of nitrogens with one attached hydrogen (secondary N) is 1. The van der Waals surface area contributed by atoms with Crippen molar-refractivity contribution in [2.75, 3.05) is 0 Å². The molecule has 0 fully saturated rings. The predicted octanol–water partition coefficient (Wildman–Crippen LogP) is 2.07. The topological polar surface area (TPSA) is 38.0 Å². The lowest BCUT2D eigenvalue weighted by molar-refractivity contribution is -0.140. The molecule has 0 amide bonds. The van der Waals surface area contributed by atoms with E-state index in [0.29, 0.717) is 6.42 Å². The van der Waals surface area contributed by atoms with Gasteiger partial charge in [-0.3, -0.25) is 11.3 Å². The van der Waals surface area contributed by atoms with Crippen LogP contribution in [0.1, 0.15) is 12.0 Å². The van der Waals surface area contributed by atoms with Gasteiger partial charge >= 0.3 is 6.18 Å². The Kier molecular flexibility index (Phi) is 3.91. The van der Waals surface area contributed by atoms with Gasteiger partial charge in [0, 0.05) is 6.04 Å². The van der Waals surface area contributed by atoms with Crippen LogP contribution in [-0.4, -0.2) is 12.2 Å². The van der Waals surface area contributed by atoms with E-state index < -0.39 is 18.6 Å². The zero-order valence-corrected chi connectivity index (χ0v) is 8.16. The molecule has 3 N–H and O–H groups in total. The van der Waals surface area contributed by atoms with Gasteiger partial charge in [-0.15, -0.1) is 0 Å². The summed E-state index contributed by atoms with van der Waals surface area (Å²) in [5, 5.41) is 3.65. The average Bonchev–Trinajstić information content (AvgIpc) is 2.53. The van der Waals surface area contributed by atoms with E-state index in [0.717, 1.165) is 5.56 Å². The Labute approximate surface area is 83.9 Å². The standard InChI is InChI=1S/C8H11F3N2S/c9-8(10,11)4-7(13-12)3-6-1-2-14-5-6/h1-2,5,7,13H,3-4,12H2. The van der Waals surface area contributed by atoms with Crippen molar-refractivity contribution < 1.29 is 13.2 Å². The molecule has 0 radical (unpaired) electrons. The van der Waals surface area contributed by atoms with Crippen LogP contribution < -0.4 is 11.3 Å². The van der Waals surface area contributed by atoms with E-state index in [1.807, 2.05) is 10.8 Å². The van der Waals surface area contributed by atoms with Crippen molar-refractivity contribution in [1.29, 1.82) is 0 Å². The van der Waals surface area contributed by atoms with Gasteiger partial charge in [0.05, 0.1) is 6.42 Å². The van der Waals surface area contributed by atoms with E-state index in [4.69, 9.17) is 5.84 Å². The molecule has 1 rings (SSSR count). The monoisotopic (exact) mass is 224 g/mol. The van der Waals surface area contributed by atoms with Gasteiger partial charge in [0.1, 0.15) is 0 Å². The van der Waals surface area contributed by atoms with Crippen LogP contribution in [0.15, 0.2) is 16.8 Å². The highest BCUT2D eigenvalue weighted by atomic mass is 32.1. The SMILES string of the molecule is NNC(Cc1ccsc1)CC(F)(F)F. The minimum Gasteiger partial charge on any atom is -0.271 e. The van der Waals surface area contributed by atoms with Crippen molar-refractivity contribution in [3.8, 4) is 0 Å². The molecule has 80 valence electrons. The molecule has 1 aromatic heterocycles. The number of thiophene rings is 1. The maximum absolute atomic E-state index is 12.0. The summed E-state index contributed by atoms with van der Waals surface area (Å²) in [5.41, 5.74) is 3.06. The normalized spacial score (nSPS) is 14.3. The van der Waals surface area contributed by atoms with E-state index in [1.165, 1.54) is 11.3 Å². The van der Waals surface area contributed by atoms with Gasteiger partial charge in [0.2, 0.25) is 0 Å². The third-order valence-corrected chi connectivity index (χ3v) is 2.51. The molecular weight excluding hydrogens is 213 g/mol. The highest BCUT2D eigenvalue weighted by Gasteiger charge is 2.31. The molecule has 0 bridgehead atoms. The molecule has 1 atom stereocenters. The Morgan fingerprint density at radius 3 is 2.64 bits per heavy atom. The molecule has 0 saturated heterocycles. The fourth-order valence-corrected chi connectivity index (χ4v) is 1.84. The quantitative estimate of drug-likeness (QED) is 0.607. The molecule has 0 aliphatic carbocycles. The molecule has 0 aromatic carbocycles. The molecule has 2 nitrogen and oxygen atoms in total. The number of hydrogen-bond acceptors (Lipinski definition) is 3. The Morgan fingerprint density at radius 2 is 2.21 bits per heavy atom. The molecule has 0 aliphatic rings. The lowest BCUT2D eigenvalue weighted by Gasteiger charge is -2.16. The van der Waals surface area contributed by atoms with Gasteiger partial charge in [0.25, 0.3) is 0 Å². The summed E-state index contributed by atoms with van der Waals surface area (Å²) in [6.45, 7) is 0. The predicted molar refractivity (Wildman–Crippen MR) is 49.8 cm³/mol. The fraction of sp³-hybridized carbons (Fsp3) is 0.500. The first kappa shape index (κ1) is 11.5. The van der Waals surface area contributed by atoms with Gasteiger partial charge in [-0.05, 0) is 28.8 Å². The highest BCUT2D eigenvalue weighted by Crippen LogP contribution is 2.23. The summed E-state index contributed by atoms with van der Waals surface area (Å²) in [5.74, 6) is 5.05. The maximum Gasteiger partial charge on any atom is 0.390 e. The molecule has 0 spiro atoms. The summed E-state index contributed by atoms with van der Waals surface area (Å²) >= 11 is 1.46. The van der Waals surface area contributed by atoms with Gasteiger partial charge in [0.15, 0.2) is 0 Å². The Morgan fingerprint density at radius 1 is 1.50 bits per heavy atom. The molecule has 1 aromatic rings. The smallest absolute Gasteiger partial charge is 0.271 e. The maximum atomic E-state index is 12.0. The third kappa shape index (κ3) is 4.08. The van der Waals surface area contributed by atoms with Crippen LogP contribution in [0.5, 0.6) is 0 Å². The van der Waals surface area contributed by atoms with Crippen LogP contribution >= 0.6 is 11.3 Å². The van der Waals surface area contributed by atoms with Gasteiger partial charge in [-0.2, -0.15) is 24.5 Å². The number of hydrazine groups is 1. The second-order valence-electron chi connectivity index (χ2n) is 3.02. The number of alkyl halides is 3. The van der Waals surface area contributed by atoms with Crippen LogP contribution in [0, 0.1) is 0 Å². The molecule has 1 unspecified atom stereocenters. The van der Waals surface area contributed by atoms with Crippen molar-refractivity contribution in [2.24, 2.45) is 5.84 Å². The minimum atomic E-state index is -4.17. The third-order valence-electron chi connectivity index (χ3n) is 1.78. The first-order valence-electron chi connectivity index (χ1n) is 4.05. The zero-order chi connectivity index (χ0) is 10.6. The largest absolute Gasteiger partial charge is 0.390 e. The van der Waals surface area contributed by atoms with E-state index >= 15 is 0 Å². The lowest BCUT2D eigenvalue weighted by Crippen LogP contribution is -2.40. The van der Waals surface area contributed by atoms with Gasteiger partial charge in [-0.1, -0.05) is 0 Å². The minimum absolute atomic E-state index is 0.305. The van der Waals surface area contributed by atoms with Crippen molar-refractivity contribution in [3.63, 3.8) is 0 Å². The summed E-state index contributed by atoms with van der Waals surface area (Å²) in [6.07, 6.45) is -4.77. The van der Waals surface area contributed by atoms with E-state index in [9.17, 15) is 13.2 Å². The first-order chi connectivity index (χ1) is 6.51. The van der Waals surface area contributed by atoms with E-state index in [1.54, 1.807) is 6.07 Å². The molecule has 0 aliphatic heterocycles. The second-order valence-corrected chi connectivity index (χ2v) is 3.80. The molecular formula is C8H11F3N2S. The number of nitrogens with two attached hydrogens (primary N) is 1. The Hall–Kier alpha value is -0.590. The van der Waals surface area contributed by atoms with Crippen LogP contribution in [-0.2, 0) is 6.42 Å². The van der Waals surface area contributed by atoms with Gasteiger partial charge in [-0.25, -0.2) is 0 Å². The number of rotatable bonds is 4. The summed E-state index contributed by atoms with van der Waals surface area (Å²) in [7, 11) is 0. The number of halogens is 3. The summed E-state index contributed by atoms with van der Waals surface area (Å²) in [4.78, 5) is 0. The van der Waals surface area contributed by atoms with Gasteiger partial charge < -0.3 is 0 Å². The Bertz CT molecular complexity index is 258. The van der Waals surface area contributed by atoms with Crippen LogP contribution in [0.25, 0.3) is 0 Å². The fourth-order valence-electron chi connectivity index (χ4n) is 1.16. The Balaban J connectivity index is 2.47. The lowest BCUT2D eigenvalue weighted by atomic mass is 10.1. The molecule has 0 saturated carbocycles. The molecule has 14 heavy (non-hydrogen) atoms. The summed E-state index contributed by atoms with van der Waals surface area (Å²) < 4.78 is 36.1. The van der Waals surface area contributed by atoms with Crippen molar-refractivity contribution in [3.05, 3.63) is 22.4 Å². The summed E-state index contributed by atoms with van der Waals surface area (Å²) in [6, 6.07) is 1.05. The van der Waals surface area contributed by atoms with Crippen molar-refractivity contribution >= 4 is 11.3 Å². The van der Waals surface area contributed by atoms with Crippen LogP contribution in [0.4, 0.5) is 13.2 Å². The van der Waals surface area contributed by atoms with Crippen LogP contribution in [0.3, 0.4) is 0 Å². The van der Waals surface area contributed by atoms with E-state index in [-0.39, 0.29) is 0 Å². The molecule has 6 heteroatoms. The second kappa shape index (κ2) is 4.77. The zero-order valence-electron chi connectivity index (χ0n) is 7.34. The number of hydrogen-bond donors (Lipinski definition) is 2. The van der Waals surface area contributed by atoms with E-state index in [2.05, 4.69) is 5.43 Å². The van der Waals surface area contributed by atoms with Crippen molar-refractivity contribution in [1.82, 2.24) is 5.43 Å².